The third kappa shape index (κ3) is 3.24. The van der Waals surface area contributed by atoms with Crippen LogP contribution in [0.4, 0.5) is 10.5 Å². The van der Waals surface area contributed by atoms with E-state index in [-0.39, 0.29) is 6.54 Å². The quantitative estimate of drug-likeness (QED) is 0.841. The molecule has 0 aromatic heterocycles. The Bertz CT molecular complexity index is 818. The number of carbonyl (C=O) groups excluding carboxylic acids is 3. The summed E-state index contributed by atoms with van der Waals surface area (Å²) in [6.45, 7) is 3.26. The molecule has 1 aliphatic heterocycles. The second-order valence-corrected chi connectivity index (χ2v) is 6.23. The van der Waals surface area contributed by atoms with Crippen LogP contribution in [0.1, 0.15) is 18.1 Å². The number of hydrogen-bond donors (Lipinski definition) is 2. The van der Waals surface area contributed by atoms with Crippen molar-refractivity contribution in [3.63, 3.8) is 0 Å². The van der Waals surface area contributed by atoms with Gasteiger partial charge in [0.05, 0.1) is 0 Å². The van der Waals surface area contributed by atoms with Gasteiger partial charge in [-0.3, -0.25) is 14.5 Å². The Hall–Kier alpha value is -3.15. The first-order valence-corrected chi connectivity index (χ1v) is 7.96. The Morgan fingerprint density at radius 3 is 2.36 bits per heavy atom. The van der Waals surface area contributed by atoms with Gasteiger partial charge in [0.2, 0.25) is 5.91 Å². The number of carbonyl (C=O) groups is 3. The topological polar surface area (TPSA) is 78.5 Å². The largest absolute Gasteiger partial charge is 0.325 e. The summed E-state index contributed by atoms with van der Waals surface area (Å²) in [4.78, 5) is 38.1. The van der Waals surface area contributed by atoms with Gasteiger partial charge >= 0.3 is 6.03 Å². The molecular formula is C19H19N3O3. The van der Waals surface area contributed by atoms with Crippen LogP contribution in [0.2, 0.25) is 0 Å². The van der Waals surface area contributed by atoms with Gasteiger partial charge in [0.1, 0.15) is 12.1 Å². The van der Waals surface area contributed by atoms with Crippen molar-refractivity contribution >= 4 is 23.5 Å². The summed E-state index contributed by atoms with van der Waals surface area (Å²) in [5, 5.41) is 5.36. The highest BCUT2D eigenvalue weighted by Gasteiger charge is 2.49. The zero-order chi connectivity index (χ0) is 18.0. The minimum absolute atomic E-state index is 0.332. The van der Waals surface area contributed by atoms with Crippen LogP contribution in [0.3, 0.4) is 0 Å². The first-order chi connectivity index (χ1) is 11.9. The molecule has 0 saturated carbocycles. The van der Waals surface area contributed by atoms with E-state index in [2.05, 4.69) is 10.6 Å². The van der Waals surface area contributed by atoms with E-state index in [4.69, 9.17) is 0 Å². The van der Waals surface area contributed by atoms with E-state index in [1.807, 2.05) is 25.1 Å². The number of nitrogens with zero attached hydrogens (tertiary/aromatic N) is 1. The number of imide groups is 1. The van der Waals surface area contributed by atoms with Gasteiger partial charge in [-0.05, 0) is 31.5 Å². The number of aryl methyl sites for hydroxylation is 1. The highest BCUT2D eigenvalue weighted by atomic mass is 16.2. The summed E-state index contributed by atoms with van der Waals surface area (Å²) in [7, 11) is 0. The van der Waals surface area contributed by atoms with E-state index in [0.29, 0.717) is 11.3 Å². The first-order valence-electron chi connectivity index (χ1n) is 7.96. The van der Waals surface area contributed by atoms with Crippen LogP contribution in [-0.2, 0) is 15.1 Å². The molecule has 6 nitrogen and oxygen atoms in total. The van der Waals surface area contributed by atoms with E-state index in [0.717, 1.165) is 10.5 Å². The van der Waals surface area contributed by atoms with Crippen molar-refractivity contribution in [3.05, 3.63) is 65.7 Å². The van der Waals surface area contributed by atoms with Crippen LogP contribution in [0, 0.1) is 6.92 Å². The van der Waals surface area contributed by atoms with Gasteiger partial charge < -0.3 is 10.6 Å². The summed E-state index contributed by atoms with van der Waals surface area (Å²) in [6, 6.07) is 15.7. The molecule has 0 radical (unpaired) electrons. The maximum absolute atomic E-state index is 12.8. The summed E-state index contributed by atoms with van der Waals surface area (Å²) in [5.41, 5.74) is 1.18. The van der Waals surface area contributed by atoms with Crippen LogP contribution in [0.5, 0.6) is 0 Å². The van der Waals surface area contributed by atoms with E-state index in [1.165, 1.54) is 0 Å². The maximum atomic E-state index is 12.8. The second-order valence-electron chi connectivity index (χ2n) is 6.23. The van der Waals surface area contributed by atoms with Crippen LogP contribution >= 0.6 is 0 Å². The molecule has 0 aliphatic carbocycles. The number of anilines is 1. The number of para-hydroxylation sites is 1. The lowest BCUT2D eigenvalue weighted by Crippen LogP contribution is -2.42. The molecule has 0 spiro atoms. The molecule has 0 unspecified atom stereocenters. The van der Waals surface area contributed by atoms with E-state index in [9.17, 15) is 14.4 Å². The molecule has 1 heterocycles. The van der Waals surface area contributed by atoms with Crippen LogP contribution in [0.25, 0.3) is 0 Å². The number of benzene rings is 2. The molecule has 1 atom stereocenters. The van der Waals surface area contributed by atoms with Crippen molar-refractivity contribution in [2.45, 2.75) is 19.4 Å². The molecule has 3 rings (SSSR count). The fourth-order valence-electron chi connectivity index (χ4n) is 2.79. The van der Waals surface area contributed by atoms with Crippen LogP contribution < -0.4 is 10.6 Å². The summed E-state index contributed by atoms with van der Waals surface area (Å²) in [6.07, 6.45) is 0. The Labute approximate surface area is 145 Å². The van der Waals surface area contributed by atoms with Crippen molar-refractivity contribution in [2.75, 3.05) is 11.9 Å². The Balaban J connectivity index is 1.75. The fraction of sp³-hybridized carbons (Fsp3) is 0.211. The molecule has 25 heavy (non-hydrogen) atoms. The number of amides is 4. The van der Waals surface area contributed by atoms with Crippen molar-refractivity contribution in [1.29, 1.82) is 0 Å². The predicted octanol–water partition coefficient (Wildman–Crippen LogP) is 2.40. The Kier molecular flexibility index (Phi) is 4.27. The summed E-state index contributed by atoms with van der Waals surface area (Å²) in [5.74, 6) is -0.868. The number of hydrogen-bond acceptors (Lipinski definition) is 3. The predicted molar refractivity (Wildman–Crippen MR) is 93.8 cm³/mol. The molecule has 4 amide bonds. The van der Waals surface area contributed by atoms with Crippen LogP contribution in [-0.4, -0.2) is 29.3 Å². The third-order valence-corrected chi connectivity index (χ3v) is 4.26. The van der Waals surface area contributed by atoms with Gasteiger partial charge in [-0.1, -0.05) is 48.0 Å². The number of nitrogens with one attached hydrogen (secondary N) is 2. The van der Waals surface area contributed by atoms with Gasteiger partial charge in [-0.2, -0.15) is 0 Å². The minimum Gasteiger partial charge on any atom is -0.325 e. The zero-order valence-electron chi connectivity index (χ0n) is 14.1. The highest BCUT2D eigenvalue weighted by Crippen LogP contribution is 2.28. The number of urea groups is 1. The Morgan fingerprint density at radius 1 is 1.08 bits per heavy atom. The average Bonchev–Trinajstić information content (AvgIpc) is 2.80. The third-order valence-electron chi connectivity index (χ3n) is 4.26. The SMILES string of the molecule is Cc1ccc([C@@]2(C)NC(=O)N(CC(=O)Nc3ccccc3)C2=O)cc1. The molecule has 1 saturated heterocycles. The van der Waals surface area contributed by atoms with E-state index in [1.54, 1.807) is 43.3 Å². The van der Waals surface area contributed by atoms with E-state index >= 15 is 0 Å². The van der Waals surface area contributed by atoms with Crippen molar-refractivity contribution in [3.8, 4) is 0 Å². The van der Waals surface area contributed by atoms with Crippen molar-refractivity contribution in [2.24, 2.45) is 0 Å². The molecule has 2 aromatic carbocycles. The van der Waals surface area contributed by atoms with Gasteiger partial charge in [-0.15, -0.1) is 0 Å². The second kappa shape index (κ2) is 6.39. The number of rotatable bonds is 4. The van der Waals surface area contributed by atoms with Crippen molar-refractivity contribution in [1.82, 2.24) is 10.2 Å². The first kappa shape index (κ1) is 16.7. The Morgan fingerprint density at radius 2 is 1.72 bits per heavy atom. The van der Waals surface area contributed by atoms with Crippen molar-refractivity contribution < 1.29 is 14.4 Å². The highest BCUT2D eigenvalue weighted by molar-refractivity contribution is 6.10. The van der Waals surface area contributed by atoms with Gasteiger partial charge in [0.15, 0.2) is 0 Å². The molecular weight excluding hydrogens is 318 g/mol. The normalized spacial score (nSPS) is 19.7. The van der Waals surface area contributed by atoms with Gasteiger partial charge in [-0.25, -0.2) is 4.79 Å². The molecule has 1 aliphatic rings. The average molecular weight is 337 g/mol. The maximum Gasteiger partial charge on any atom is 0.325 e. The molecule has 1 fully saturated rings. The molecule has 128 valence electrons. The van der Waals surface area contributed by atoms with Gasteiger partial charge in [0, 0.05) is 5.69 Å². The lowest BCUT2D eigenvalue weighted by Gasteiger charge is -2.22. The monoisotopic (exact) mass is 337 g/mol. The standard InChI is InChI=1S/C19H19N3O3/c1-13-8-10-14(11-9-13)19(2)17(24)22(18(25)21-19)12-16(23)20-15-6-4-3-5-7-15/h3-11H,12H2,1-2H3,(H,20,23)(H,21,25)/t19-/m1/s1. The minimum atomic E-state index is -1.17. The molecule has 6 heteroatoms. The summed E-state index contributed by atoms with van der Waals surface area (Å²) < 4.78 is 0. The van der Waals surface area contributed by atoms with E-state index < -0.39 is 23.4 Å². The van der Waals surface area contributed by atoms with Gasteiger partial charge in [0.25, 0.3) is 5.91 Å². The lowest BCUT2D eigenvalue weighted by atomic mass is 9.91. The fourth-order valence-corrected chi connectivity index (χ4v) is 2.79. The lowest BCUT2D eigenvalue weighted by molar-refractivity contribution is -0.133. The van der Waals surface area contributed by atoms with Crippen LogP contribution in [0.15, 0.2) is 54.6 Å². The smallest absolute Gasteiger partial charge is 0.325 e. The molecule has 0 bridgehead atoms. The molecule has 2 aromatic rings. The zero-order valence-corrected chi connectivity index (χ0v) is 14.1. The summed E-state index contributed by atoms with van der Waals surface area (Å²) >= 11 is 0. The molecule has 2 N–H and O–H groups in total.